The van der Waals surface area contributed by atoms with E-state index in [2.05, 4.69) is 0 Å². The lowest BCUT2D eigenvalue weighted by Gasteiger charge is -2.36. The van der Waals surface area contributed by atoms with Crippen LogP contribution in [0.3, 0.4) is 0 Å². The molecule has 148 valence electrons. The maximum Gasteiger partial charge on any atom is 0.343 e. The molecule has 0 fully saturated rings. The van der Waals surface area contributed by atoms with Gasteiger partial charge >= 0.3 is 6.03 Å². The molecule has 0 aliphatic carbocycles. The first kappa shape index (κ1) is 19.2. The Labute approximate surface area is 171 Å². The van der Waals surface area contributed by atoms with Crippen LogP contribution in [0.2, 0.25) is 0 Å². The third kappa shape index (κ3) is 3.40. The van der Waals surface area contributed by atoms with Crippen molar-refractivity contribution >= 4 is 27.4 Å². The molecule has 0 atom stereocenters. The summed E-state index contributed by atoms with van der Waals surface area (Å²) < 4.78 is 27.5. The van der Waals surface area contributed by atoms with Gasteiger partial charge < -0.3 is 0 Å². The van der Waals surface area contributed by atoms with Gasteiger partial charge in [0.2, 0.25) is 0 Å². The molecule has 6 heteroatoms. The molecule has 0 saturated heterocycles. The van der Waals surface area contributed by atoms with E-state index in [1.165, 1.54) is 4.90 Å². The molecule has 3 aromatic rings. The van der Waals surface area contributed by atoms with E-state index in [-0.39, 0.29) is 11.4 Å². The molecule has 1 aliphatic rings. The molecule has 0 bridgehead atoms. The van der Waals surface area contributed by atoms with Gasteiger partial charge in [-0.25, -0.2) is 13.2 Å². The first-order chi connectivity index (χ1) is 13.9. The number of hydrogen-bond acceptors (Lipinski definition) is 3. The quantitative estimate of drug-likeness (QED) is 0.620. The van der Waals surface area contributed by atoms with Gasteiger partial charge in [-0.05, 0) is 48.7 Å². The molecule has 0 N–H and O–H groups in total. The van der Waals surface area contributed by atoms with Crippen LogP contribution in [0.1, 0.15) is 23.6 Å². The van der Waals surface area contributed by atoms with Gasteiger partial charge in [0.05, 0.1) is 17.9 Å². The fourth-order valence-corrected chi connectivity index (χ4v) is 5.05. The normalized spacial score (nSPS) is 15.3. The number of fused-ring (bicyclic) bond motifs is 1. The summed E-state index contributed by atoms with van der Waals surface area (Å²) in [5.74, 6) is 0. The number of aryl methyl sites for hydroxylation is 2. The minimum absolute atomic E-state index is 0.131. The number of hydrogen-bond donors (Lipinski definition) is 0. The smallest absolute Gasteiger partial charge is 0.287 e. The van der Waals surface area contributed by atoms with Crippen molar-refractivity contribution in [1.29, 1.82) is 0 Å². The van der Waals surface area contributed by atoms with E-state index in [0.29, 0.717) is 11.4 Å². The molecule has 0 aromatic heterocycles. The Bertz CT molecular complexity index is 1150. The second kappa shape index (κ2) is 7.37. The first-order valence-corrected chi connectivity index (χ1v) is 11.0. The number of sulfonamides is 1. The van der Waals surface area contributed by atoms with Crippen molar-refractivity contribution in [3.63, 3.8) is 0 Å². The van der Waals surface area contributed by atoms with Gasteiger partial charge in [0.1, 0.15) is 4.90 Å². The molecule has 2 amide bonds. The van der Waals surface area contributed by atoms with Crippen LogP contribution in [-0.4, -0.2) is 14.4 Å². The first-order valence-electron chi connectivity index (χ1n) is 9.52. The van der Waals surface area contributed by atoms with E-state index in [1.807, 2.05) is 50.2 Å². The van der Waals surface area contributed by atoms with Crippen LogP contribution in [0.15, 0.2) is 77.7 Å². The highest BCUT2D eigenvalue weighted by atomic mass is 32.2. The summed E-state index contributed by atoms with van der Waals surface area (Å²) in [6, 6.07) is 21.0. The summed E-state index contributed by atoms with van der Waals surface area (Å²) in [5.41, 5.74) is 3.88. The Kier molecular flexibility index (Phi) is 4.88. The second-order valence-electron chi connectivity index (χ2n) is 7.11. The van der Waals surface area contributed by atoms with Gasteiger partial charge in [-0.15, -0.1) is 0 Å². The maximum atomic E-state index is 13.4. The Morgan fingerprint density at radius 3 is 2.10 bits per heavy atom. The molecule has 5 nitrogen and oxygen atoms in total. The number of rotatable bonds is 4. The van der Waals surface area contributed by atoms with Crippen LogP contribution in [0.25, 0.3) is 0 Å². The lowest BCUT2D eigenvalue weighted by molar-refractivity contribution is 0.253. The third-order valence-electron chi connectivity index (χ3n) is 5.12. The van der Waals surface area contributed by atoms with Gasteiger partial charge in [-0.2, -0.15) is 4.31 Å². The van der Waals surface area contributed by atoms with Crippen molar-refractivity contribution in [1.82, 2.24) is 0 Å². The number of carbonyl (C=O) groups excluding carboxylic acids is 1. The van der Waals surface area contributed by atoms with E-state index in [9.17, 15) is 13.2 Å². The average molecular weight is 407 g/mol. The summed E-state index contributed by atoms with van der Waals surface area (Å²) >= 11 is 0. The zero-order chi connectivity index (χ0) is 20.6. The Hall–Kier alpha value is -3.12. The number of carbonyl (C=O) groups is 1. The van der Waals surface area contributed by atoms with E-state index in [4.69, 9.17) is 0 Å². The highest BCUT2D eigenvalue weighted by Crippen LogP contribution is 2.37. The summed E-state index contributed by atoms with van der Waals surface area (Å²) in [7, 11) is -3.99. The summed E-state index contributed by atoms with van der Waals surface area (Å²) in [5, 5.41) is 0. The average Bonchev–Trinajstić information content (AvgIpc) is 2.73. The van der Waals surface area contributed by atoms with Gasteiger partial charge in [0.15, 0.2) is 0 Å². The molecule has 1 aliphatic heterocycles. The number of urea groups is 1. The molecular formula is C23H22N2O3S. The van der Waals surface area contributed by atoms with E-state index < -0.39 is 16.1 Å². The lowest BCUT2D eigenvalue weighted by Crippen LogP contribution is -2.50. The molecule has 0 spiro atoms. The van der Waals surface area contributed by atoms with Crippen LogP contribution in [-0.2, 0) is 23.0 Å². The zero-order valence-corrected chi connectivity index (χ0v) is 17.2. The van der Waals surface area contributed by atoms with Crippen molar-refractivity contribution in [2.45, 2.75) is 31.7 Å². The van der Waals surface area contributed by atoms with E-state index in [1.54, 1.807) is 36.4 Å². The molecule has 0 radical (unpaired) electrons. The Morgan fingerprint density at radius 1 is 0.828 bits per heavy atom. The standard InChI is InChI=1S/C23H22N2O3S/c1-3-18-12-14-20(15-13-18)25-23(26)24(16-19-10-8-17(2)9-11-19)21-6-4-5-7-22(21)29(25,27)28/h4-15H,3,16H2,1-2H3. The maximum absolute atomic E-state index is 13.4. The SMILES string of the molecule is CCc1ccc(N2C(=O)N(Cc3ccc(C)cc3)c3ccccc3S2(=O)=O)cc1. The van der Waals surface area contributed by atoms with Crippen molar-refractivity contribution < 1.29 is 13.2 Å². The van der Waals surface area contributed by atoms with E-state index in [0.717, 1.165) is 27.4 Å². The second-order valence-corrected chi connectivity index (χ2v) is 8.87. The minimum Gasteiger partial charge on any atom is -0.287 e. The molecule has 0 saturated carbocycles. The van der Waals surface area contributed by atoms with Crippen LogP contribution in [0.5, 0.6) is 0 Å². The Balaban J connectivity index is 1.83. The molecule has 1 heterocycles. The van der Waals surface area contributed by atoms with Gasteiger partial charge in [-0.1, -0.05) is 61.0 Å². The minimum atomic E-state index is -3.99. The number of anilines is 2. The highest BCUT2D eigenvalue weighted by molar-refractivity contribution is 7.94. The number of nitrogens with zero attached hydrogens (tertiary/aromatic N) is 2. The van der Waals surface area contributed by atoms with Crippen LogP contribution < -0.4 is 9.21 Å². The predicted octanol–water partition coefficient (Wildman–Crippen LogP) is 4.89. The lowest BCUT2D eigenvalue weighted by atomic mass is 10.1. The third-order valence-corrected chi connectivity index (χ3v) is 6.87. The van der Waals surface area contributed by atoms with Crippen LogP contribution in [0.4, 0.5) is 16.2 Å². The topological polar surface area (TPSA) is 57.7 Å². The molecular weight excluding hydrogens is 384 g/mol. The summed E-state index contributed by atoms with van der Waals surface area (Å²) in [4.78, 5) is 15.1. The van der Waals surface area contributed by atoms with Crippen LogP contribution in [0, 0.1) is 6.92 Å². The number of para-hydroxylation sites is 1. The molecule has 3 aromatic carbocycles. The van der Waals surface area contributed by atoms with Crippen molar-refractivity contribution in [3.05, 3.63) is 89.5 Å². The van der Waals surface area contributed by atoms with Gasteiger partial charge in [0.25, 0.3) is 10.0 Å². The largest absolute Gasteiger partial charge is 0.343 e. The Morgan fingerprint density at radius 2 is 1.45 bits per heavy atom. The van der Waals surface area contributed by atoms with Crippen molar-refractivity contribution in [2.24, 2.45) is 0 Å². The highest BCUT2D eigenvalue weighted by Gasteiger charge is 2.42. The fourth-order valence-electron chi connectivity index (χ4n) is 3.46. The molecule has 0 unspecified atom stereocenters. The van der Waals surface area contributed by atoms with Crippen molar-refractivity contribution in [3.8, 4) is 0 Å². The van der Waals surface area contributed by atoms with Gasteiger partial charge in [-0.3, -0.25) is 4.90 Å². The molecule has 4 rings (SSSR count). The number of benzene rings is 3. The summed E-state index contributed by atoms with van der Waals surface area (Å²) in [6.45, 7) is 4.31. The number of amides is 2. The predicted molar refractivity (Wildman–Crippen MR) is 115 cm³/mol. The fraction of sp³-hybridized carbons (Fsp3) is 0.174. The monoisotopic (exact) mass is 406 g/mol. The zero-order valence-electron chi connectivity index (χ0n) is 16.4. The molecule has 29 heavy (non-hydrogen) atoms. The van der Waals surface area contributed by atoms with Crippen LogP contribution >= 0.6 is 0 Å². The van der Waals surface area contributed by atoms with Gasteiger partial charge in [0, 0.05) is 0 Å². The van der Waals surface area contributed by atoms with E-state index >= 15 is 0 Å². The van der Waals surface area contributed by atoms with Crippen molar-refractivity contribution in [2.75, 3.05) is 9.21 Å². The summed E-state index contributed by atoms with van der Waals surface area (Å²) in [6.07, 6.45) is 0.837.